The SMILES string of the molecule is C=CCC1(CC=C)C(=O)n2c(=O)c3cc(C)nc(OCC)c3c(=O)n2C1=O. The Morgan fingerprint density at radius 1 is 1.07 bits per heavy atom. The van der Waals surface area contributed by atoms with Gasteiger partial charge in [-0.2, -0.15) is 9.36 Å². The second-order valence-electron chi connectivity index (χ2n) is 6.34. The van der Waals surface area contributed by atoms with Gasteiger partial charge >= 0.3 is 0 Å². The Morgan fingerprint density at radius 2 is 1.63 bits per heavy atom. The molecule has 0 amide bonds. The molecule has 3 heterocycles. The van der Waals surface area contributed by atoms with E-state index in [0.29, 0.717) is 15.1 Å². The fraction of sp³-hybridized carbons (Fsp3) is 0.316. The van der Waals surface area contributed by atoms with Gasteiger partial charge in [-0.15, -0.1) is 13.2 Å². The molecule has 1 aliphatic rings. The molecule has 140 valence electrons. The highest BCUT2D eigenvalue weighted by Crippen LogP contribution is 2.35. The molecule has 2 aromatic rings. The first kappa shape index (κ1) is 18.5. The second kappa shape index (κ2) is 6.46. The van der Waals surface area contributed by atoms with Crippen molar-refractivity contribution in [3.63, 3.8) is 0 Å². The zero-order valence-electron chi connectivity index (χ0n) is 15.2. The van der Waals surface area contributed by atoms with Gasteiger partial charge in [-0.05, 0) is 32.8 Å². The summed E-state index contributed by atoms with van der Waals surface area (Å²) in [6.45, 7) is 10.8. The second-order valence-corrected chi connectivity index (χ2v) is 6.34. The maximum atomic E-state index is 13.1. The molecule has 0 N–H and O–H groups in total. The normalized spacial score (nSPS) is 15.0. The first-order valence-electron chi connectivity index (χ1n) is 8.48. The van der Waals surface area contributed by atoms with E-state index in [1.54, 1.807) is 13.8 Å². The van der Waals surface area contributed by atoms with Gasteiger partial charge in [0.25, 0.3) is 22.9 Å². The van der Waals surface area contributed by atoms with E-state index in [9.17, 15) is 19.2 Å². The number of carbonyl (C=O) groups excluding carboxylic acids is 2. The first-order valence-corrected chi connectivity index (χ1v) is 8.48. The first-order chi connectivity index (χ1) is 12.8. The summed E-state index contributed by atoms with van der Waals surface area (Å²) in [6, 6.07) is 1.41. The fourth-order valence-electron chi connectivity index (χ4n) is 3.45. The number of hydrogen-bond donors (Lipinski definition) is 0. The Balaban J connectivity index is 2.48. The van der Waals surface area contributed by atoms with Gasteiger partial charge < -0.3 is 4.74 Å². The van der Waals surface area contributed by atoms with Crippen LogP contribution in [0.3, 0.4) is 0 Å². The van der Waals surface area contributed by atoms with Crippen LogP contribution in [0, 0.1) is 12.3 Å². The van der Waals surface area contributed by atoms with Gasteiger partial charge in [0.2, 0.25) is 5.88 Å². The highest BCUT2D eigenvalue weighted by atomic mass is 16.5. The Bertz CT molecular complexity index is 1110. The maximum Gasteiger partial charge on any atom is 0.286 e. The highest BCUT2D eigenvalue weighted by Gasteiger charge is 2.53. The Morgan fingerprint density at radius 3 is 2.15 bits per heavy atom. The van der Waals surface area contributed by atoms with Crippen LogP contribution in [0.2, 0.25) is 0 Å². The van der Waals surface area contributed by atoms with Crippen molar-refractivity contribution in [3.8, 4) is 5.88 Å². The van der Waals surface area contributed by atoms with Gasteiger partial charge in [0.15, 0.2) is 0 Å². The number of allylic oxidation sites excluding steroid dienone is 2. The molecule has 0 atom stereocenters. The van der Waals surface area contributed by atoms with E-state index in [0.717, 1.165) is 0 Å². The molecule has 27 heavy (non-hydrogen) atoms. The van der Waals surface area contributed by atoms with E-state index >= 15 is 0 Å². The van der Waals surface area contributed by atoms with Crippen LogP contribution in [0.25, 0.3) is 10.8 Å². The van der Waals surface area contributed by atoms with Crippen LogP contribution in [0.15, 0.2) is 41.0 Å². The van der Waals surface area contributed by atoms with Crippen molar-refractivity contribution in [1.82, 2.24) is 14.3 Å². The molecular formula is C19H19N3O5. The van der Waals surface area contributed by atoms with Crippen LogP contribution in [0.5, 0.6) is 5.88 Å². The minimum Gasteiger partial charge on any atom is -0.477 e. The largest absolute Gasteiger partial charge is 0.477 e. The minimum absolute atomic E-state index is 0.0126. The molecule has 0 fully saturated rings. The summed E-state index contributed by atoms with van der Waals surface area (Å²) in [5.41, 5.74) is -2.73. The average molecular weight is 369 g/mol. The van der Waals surface area contributed by atoms with Crippen LogP contribution in [-0.2, 0) is 0 Å². The lowest BCUT2D eigenvalue weighted by atomic mass is 9.80. The summed E-state index contributed by atoms with van der Waals surface area (Å²) in [7, 11) is 0. The van der Waals surface area contributed by atoms with Gasteiger partial charge in [0.05, 0.1) is 12.0 Å². The number of hydrogen-bond acceptors (Lipinski definition) is 6. The van der Waals surface area contributed by atoms with Crippen molar-refractivity contribution >= 4 is 22.6 Å². The lowest BCUT2D eigenvalue weighted by molar-refractivity contribution is 0.0652. The number of fused-ring (bicyclic) bond motifs is 2. The van der Waals surface area contributed by atoms with Crippen LogP contribution in [-0.4, -0.2) is 32.8 Å². The summed E-state index contributed by atoms with van der Waals surface area (Å²) in [6.07, 6.45) is 2.79. The smallest absolute Gasteiger partial charge is 0.286 e. The van der Waals surface area contributed by atoms with E-state index in [1.807, 2.05) is 0 Å². The lowest BCUT2D eigenvalue weighted by Crippen LogP contribution is -2.38. The number of aryl methyl sites for hydroxylation is 1. The fourth-order valence-corrected chi connectivity index (χ4v) is 3.45. The van der Waals surface area contributed by atoms with Crippen molar-refractivity contribution in [2.75, 3.05) is 6.61 Å². The minimum atomic E-state index is -1.61. The number of aromatic nitrogens is 3. The number of ether oxygens (including phenoxy) is 1. The van der Waals surface area contributed by atoms with Crippen LogP contribution in [0.4, 0.5) is 0 Å². The van der Waals surface area contributed by atoms with Crippen molar-refractivity contribution in [2.45, 2.75) is 26.7 Å². The molecule has 2 aromatic heterocycles. The van der Waals surface area contributed by atoms with E-state index in [-0.39, 0.29) is 36.1 Å². The third-order valence-corrected chi connectivity index (χ3v) is 4.61. The zero-order chi connectivity index (χ0) is 19.9. The molecule has 0 spiro atoms. The molecule has 0 aromatic carbocycles. The van der Waals surface area contributed by atoms with Gasteiger partial charge in [-0.25, -0.2) is 4.98 Å². The molecule has 0 saturated heterocycles. The van der Waals surface area contributed by atoms with E-state index in [2.05, 4.69) is 18.1 Å². The molecule has 0 bridgehead atoms. The van der Waals surface area contributed by atoms with Gasteiger partial charge in [0, 0.05) is 5.69 Å². The number of carbonyl (C=O) groups is 2. The number of pyridine rings is 1. The topological polar surface area (TPSA) is 100 Å². The maximum absolute atomic E-state index is 13.1. The number of rotatable bonds is 6. The third-order valence-electron chi connectivity index (χ3n) is 4.61. The monoisotopic (exact) mass is 369 g/mol. The Kier molecular flexibility index (Phi) is 4.43. The highest BCUT2D eigenvalue weighted by molar-refractivity contribution is 6.12. The molecule has 0 unspecified atom stereocenters. The Labute approximate surface area is 154 Å². The average Bonchev–Trinajstić information content (AvgIpc) is 2.83. The summed E-state index contributed by atoms with van der Waals surface area (Å²) in [4.78, 5) is 56.4. The lowest BCUT2D eigenvalue weighted by Gasteiger charge is -2.19. The van der Waals surface area contributed by atoms with Gasteiger partial charge in [-0.3, -0.25) is 19.2 Å². The molecule has 0 radical (unpaired) electrons. The predicted octanol–water partition coefficient (Wildman–Crippen LogP) is 1.70. The quantitative estimate of drug-likeness (QED) is 0.567. The third kappa shape index (κ3) is 2.40. The van der Waals surface area contributed by atoms with Crippen molar-refractivity contribution < 1.29 is 14.3 Å². The Hall–Kier alpha value is -3.29. The van der Waals surface area contributed by atoms with E-state index in [4.69, 9.17) is 4.74 Å². The summed E-state index contributed by atoms with van der Waals surface area (Å²) < 4.78 is 6.62. The van der Waals surface area contributed by atoms with E-state index in [1.165, 1.54) is 18.2 Å². The predicted molar refractivity (Wildman–Crippen MR) is 99.5 cm³/mol. The zero-order valence-corrected chi connectivity index (χ0v) is 15.2. The molecule has 8 nitrogen and oxygen atoms in total. The van der Waals surface area contributed by atoms with E-state index < -0.39 is 28.3 Å². The van der Waals surface area contributed by atoms with Gasteiger partial charge in [0.1, 0.15) is 10.8 Å². The summed E-state index contributed by atoms with van der Waals surface area (Å²) in [5, 5.41) is -0.126. The molecule has 0 aliphatic carbocycles. The molecular weight excluding hydrogens is 350 g/mol. The van der Waals surface area contributed by atoms with Crippen molar-refractivity contribution in [2.24, 2.45) is 5.41 Å². The van der Waals surface area contributed by atoms with Crippen molar-refractivity contribution in [1.29, 1.82) is 0 Å². The molecule has 8 heteroatoms. The molecule has 0 saturated carbocycles. The van der Waals surface area contributed by atoms with Crippen LogP contribution in [0.1, 0.15) is 35.0 Å². The van der Waals surface area contributed by atoms with Crippen molar-refractivity contribution in [3.05, 3.63) is 57.8 Å². The summed E-state index contributed by atoms with van der Waals surface area (Å²) >= 11 is 0. The van der Waals surface area contributed by atoms with Gasteiger partial charge in [-0.1, -0.05) is 12.2 Å². The molecule has 3 rings (SSSR count). The molecule has 1 aliphatic heterocycles. The standard InChI is InChI=1S/C19H19N3O5/c1-5-8-19(9-6-2)17(25)21-15(23)12-10-11(4)20-14(27-7-3)13(12)16(24)22(21)18(19)26/h5-6,10H,1-2,7-9H2,3-4H3. The van der Waals surface area contributed by atoms with Crippen LogP contribution < -0.4 is 15.9 Å². The number of nitrogens with zero attached hydrogens (tertiary/aromatic N) is 3. The van der Waals surface area contributed by atoms with Crippen LogP contribution >= 0.6 is 0 Å². The summed E-state index contributed by atoms with van der Waals surface area (Å²) in [5.74, 6) is -1.57.